The minimum absolute atomic E-state index is 0.128. The van der Waals surface area contributed by atoms with E-state index in [0.717, 1.165) is 4.47 Å². The summed E-state index contributed by atoms with van der Waals surface area (Å²) in [6.07, 6.45) is -1.77. The number of aliphatic hydroxyl groups is 2. The molecule has 1 heterocycles. The van der Waals surface area contributed by atoms with Crippen LogP contribution in [0.4, 0.5) is 0 Å². The maximum Gasteiger partial charge on any atom is 0.255 e. The number of hydrogen-bond acceptors (Lipinski definition) is 3. The van der Waals surface area contributed by atoms with Crippen molar-refractivity contribution < 1.29 is 15.0 Å². The van der Waals surface area contributed by atoms with E-state index in [1.165, 1.54) is 4.90 Å². The molecule has 1 aliphatic rings. The molecule has 0 bridgehead atoms. The Kier molecular flexibility index (Phi) is 3.73. The number of nitrogens with zero attached hydrogens (tertiary/aromatic N) is 1. The van der Waals surface area contributed by atoms with Crippen LogP contribution in [0.15, 0.2) is 22.7 Å². The predicted octanol–water partition coefficient (Wildman–Crippen LogP) is 1.28. The lowest BCUT2D eigenvalue weighted by atomic mass is 10.2. The molecular weight excluding hydrogens is 309 g/mol. The zero-order chi connectivity index (χ0) is 12.6. The Morgan fingerprint density at radius 2 is 1.94 bits per heavy atom. The second-order valence-electron chi connectivity index (χ2n) is 3.97. The average molecular weight is 321 g/mol. The number of β-amino-alcohol motifs (C(OH)–C–C–N with tert-alkyl or cyclic N) is 2. The van der Waals surface area contributed by atoms with Crippen LogP contribution in [0.3, 0.4) is 0 Å². The second-order valence-corrected chi connectivity index (χ2v) is 5.29. The van der Waals surface area contributed by atoms with E-state index in [4.69, 9.17) is 11.6 Å². The van der Waals surface area contributed by atoms with Crippen molar-refractivity contribution in [1.82, 2.24) is 4.90 Å². The Bertz CT molecular complexity index is 444. The number of hydrogen-bond donors (Lipinski definition) is 2. The number of rotatable bonds is 1. The minimum Gasteiger partial charge on any atom is -0.388 e. The molecular formula is C11H11BrClNO3. The van der Waals surface area contributed by atoms with Crippen molar-refractivity contribution >= 4 is 33.4 Å². The molecule has 1 aliphatic heterocycles. The van der Waals surface area contributed by atoms with Crippen LogP contribution in [0, 0.1) is 0 Å². The molecule has 4 nitrogen and oxygen atoms in total. The first-order valence-corrected chi connectivity index (χ1v) is 6.26. The van der Waals surface area contributed by atoms with Gasteiger partial charge >= 0.3 is 0 Å². The Balaban J connectivity index is 2.23. The molecule has 6 heteroatoms. The minimum atomic E-state index is -0.884. The number of carbonyl (C=O) groups is 1. The number of aliphatic hydroxyl groups excluding tert-OH is 2. The van der Waals surface area contributed by atoms with Gasteiger partial charge in [-0.15, -0.1) is 0 Å². The number of benzene rings is 1. The summed E-state index contributed by atoms with van der Waals surface area (Å²) < 4.78 is 0.755. The molecule has 2 rings (SSSR count). The van der Waals surface area contributed by atoms with Crippen molar-refractivity contribution in [3.05, 3.63) is 33.3 Å². The van der Waals surface area contributed by atoms with Crippen molar-refractivity contribution in [2.45, 2.75) is 12.2 Å². The molecule has 1 fully saturated rings. The summed E-state index contributed by atoms with van der Waals surface area (Å²) in [4.78, 5) is 13.5. The monoisotopic (exact) mass is 319 g/mol. The van der Waals surface area contributed by atoms with E-state index < -0.39 is 12.2 Å². The van der Waals surface area contributed by atoms with Gasteiger partial charge in [-0.05, 0) is 18.2 Å². The van der Waals surface area contributed by atoms with Gasteiger partial charge in [-0.25, -0.2) is 0 Å². The molecule has 0 saturated carbocycles. The summed E-state index contributed by atoms with van der Waals surface area (Å²) in [7, 11) is 0. The first-order valence-electron chi connectivity index (χ1n) is 5.09. The number of likely N-dealkylation sites (tertiary alicyclic amines) is 1. The fourth-order valence-corrected chi connectivity index (χ4v) is 2.33. The standard InChI is InChI=1S/C11H11BrClNO3/c12-6-1-2-8(13)7(3-6)11(17)14-4-9(15)10(16)5-14/h1-3,9-10,15-16H,4-5H2. The van der Waals surface area contributed by atoms with Crippen LogP contribution < -0.4 is 0 Å². The molecule has 0 aliphatic carbocycles. The molecule has 2 unspecified atom stereocenters. The average Bonchev–Trinajstić information content (AvgIpc) is 2.62. The van der Waals surface area contributed by atoms with E-state index in [9.17, 15) is 15.0 Å². The van der Waals surface area contributed by atoms with E-state index in [1.54, 1.807) is 18.2 Å². The van der Waals surface area contributed by atoms with Gasteiger partial charge in [0.1, 0.15) is 0 Å². The largest absolute Gasteiger partial charge is 0.388 e. The summed E-state index contributed by atoms with van der Waals surface area (Å²) in [6.45, 7) is 0.256. The Morgan fingerprint density at radius 3 is 2.53 bits per heavy atom. The maximum absolute atomic E-state index is 12.1. The summed E-state index contributed by atoms with van der Waals surface area (Å²) in [5.74, 6) is -0.285. The van der Waals surface area contributed by atoms with Crippen molar-refractivity contribution in [2.75, 3.05) is 13.1 Å². The van der Waals surface area contributed by atoms with Gasteiger partial charge in [-0.3, -0.25) is 4.79 Å². The van der Waals surface area contributed by atoms with Gasteiger partial charge in [0.05, 0.1) is 22.8 Å². The third kappa shape index (κ3) is 2.63. The van der Waals surface area contributed by atoms with Crippen molar-refractivity contribution in [2.24, 2.45) is 0 Å². The Hall–Kier alpha value is -0.620. The van der Waals surface area contributed by atoms with Crippen LogP contribution in [0.2, 0.25) is 5.02 Å². The smallest absolute Gasteiger partial charge is 0.255 e. The van der Waals surface area contributed by atoms with Crippen LogP contribution in [0.25, 0.3) is 0 Å². The van der Waals surface area contributed by atoms with E-state index in [-0.39, 0.29) is 19.0 Å². The van der Waals surface area contributed by atoms with E-state index >= 15 is 0 Å². The van der Waals surface area contributed by atoms with Gasteiger partial charge in [-0.2, -0.15) is 0 Å². The highest BCUT2D eigenvalue weighted by Gasteiger charge is 2.33. The molecule has 1 aromatic rings. The number of amides is 1. The summed E-state index contributed by atoms with van der Waals surface area (Å²) in [6, 6.07) is 5.00. The summed E-state index contributed by atoms with van der Waals surface area (Å²) >= 11 is 9.22. The van der Waals surface area contributed by atoms with Crippen LogP contribution >= 0.6 is 27.5 Å². The van der Waals surface area contributed by atoms with Crippen molar-refractivity contribution in [3.63, 3.8) is 0 Å². The van der Waals surface area contributed by atoms with E-state index in [1.807, 2.05) is 0 Å². The van der Waals surface area contributed by atoms with Gasteiger partial charge in [0.25, 0.3) is 5.91 Å². The van der Waals surface area contributed by atoms with Crippen LogP contribution in [0.1, 0.15) is 10.4 Å². The lowest BCUT2D eigenvalue weighted by Crippen LogP contribution is -2.30. The first-order chi connectivity index (χ1) is 7.99. The third-order valence-electron chi connectivity index (χ3n) is 2.71. The molecule has 1 aromatic carbocycles. The highest BCUT2D eigenvalue weighted by atomic mass is 79.9. The van der Waals surface area contributed by atoms with Gasteiger partial charge < -0.3 is 15.1 Å². The third-order valence-corrected chi connectivity index (χ3v) is 3.53. The van der Waals surface area contributed by atoms with Crippen LogP contribution in [0.5, 0.6) is 0 Å². The van der Waals surface area contributed by atoms with Gasteiger partial charge in [-0.1, -0.05) is 27.5 Å². The summed E-state index contributed by atoms with van der Waals surface area (Å²) in [5, 5.41) is 19.2. The second kappa shape index (κ2) is 4.94. The molecule has 17 heavy (non-hydrogen) atoms. The topological polar surface area (TPSA) is 60.8 Å². The molecule has 92 valence electrons. The van der Waals surface area contributed by atoms with Gasteiger partial charge in [0, 0.05) is 17.6 Å². The fraction of sp³-hybridized carbons (Fsp3) is 0.364. The maximum atomic E-state index is 12.1. The molecule has 0 radical (unpaired) electrons. The number of halogens is 2. The van der Waals surface area contributed by atoms with Gasteiger partial charge in [0.15, 0.2) is 0 Å². The molecule has 2 atom stereocenters. The highest BCUT2D eigenvalue weighted by Crippen LogP contribution is 2.24. The molecule has 0 spiro atoms. The Morgan fingerprint density at radius 1 is 1.35 bits per heavy atom. The zero-order valence-electron chi connectivity index (χ0n) is 8.81. The molecule has 2 N–H and O–H groups in total. The SMILES string of the molecule is O=C(c1cc(Br)ccc1Cl)N1CC(O)C(O)C1. The summed E-state index contributed by atoms with van der Waals surface area (Å²) in [5.41, 5.74) is 0.363. The molecule has 1 amide bonds. The fourth-order valence-electron chi connectivity index (χ4n) is 1.77. The van der Waals surface area contributed by atoms with E-state index in [0.29, 0.717) is 10.6 Å². The van der Waals surface area contributed by atoms with Gasteiger partial charge in [0.2, 0.25) is 0 Å². The first kappa shape index (κ1) is 12.8. The number of carbonyl (C=O) groups excluding carboxylic acids is 1. The lowest BCUT2D eigenvalue weighted by molar-refractivity contribution is 0.0572. The van der Waals surface area contributed by atoms with Crippen LogP contribution in [-0.4, -0.2) is 46.3 Å². The van der Waals surface area contributed by atoms with Crippen molar-refractivity contribution in [1.29, 1.82) is 0 Å². The molecule has 0 aromatic heterocycles. The van der Waals surface area contributed by atoms with Crippen LogP contribution in [-0.2, 0) is 0 Å². The Labute approximate surface area is 112 Å². The molecule has 1 saturated heterocycles. The predicted molar refractivity (Wildman–Crippen MR) is 67.1 cm³/mol. The lowest BCUT2D eigenvalue weighted by Gasteiger charge is -2.16. The zero-order valence-corrected chi connectivity index (χ0v) is 11.1. The highest BCUT2D eigenvalue weighted by molar-refractivity contribution is 9.10. The quantitative estimate of drug-likeness (QED) is 0.819. The normalized spacial score (nSPS) is 24.1. The van der Waals surface area contributed by atoms with E-state index in [2.05, 4.69) is 15.9 Å². The van der Waals surface area contributed by atoms with Crippen molar-refractivity contribution in [3.8, 4) is 0 Å².